The average Bonchev–Trinajstić information content (AvgIpc) is 3.57. The minimum Gasteiger partial charge on any atom is -0.485 e. The highest BCUT2D eigenvalue weighted by Crippen LogP contribution is 2.41. The molecule has 15 heteroatoms. The predicted molar refractivity (Wildman–Crippen MR) is 181 cm³/mol. The van der Waals surface area contributed by atoms with Crippen molar-refractivity contribution in [3.8, 4) is 34.9 Å². The van der Waals surface area contributed by atoms with Gasteiger partial charge in [0.15, 0.2) is 22.5 Å². The van der Waals surface area contributed by atoms with Gasteiger partial charge in [-0.25, -0.2) is 19.2 Å². The summed E-state index contributed by atoms with van der Waals surface area (Å²) in [5.41, 5.74) is 0.643. The van der Waals surface area contributed by atoms with Crippen LogP contribution in [0.1, 0.15) is 40.1 Å². The average molecular weight is 711 g/mol. The van der Waals surface area contributed by atoms with E-state index in [1.165, 1.54) is 24.3 Å². The molecule has 1 atom stereocenters. The molecule has 0 saturated carbocycles. The van der Waals surface area contributed by atoms with E-state index in [4.69, 9.17) is 18.9 Å². The zero-order valence-corrected chi connectivity index (χ0v) is 27.9. The maximum absolute atomic E-state index is 16.0. The van der Waals surface area contributed by atoms with Crippen molar-refractivity contribution in [2.24, 2.45) is 4.99 Å². The molecule has 12 nitrogen and oxygen atoms in total. The highest BCUT2D eigenvalue weighted by molar-refractivity contribution is 7.99. The molecular formula is C36H28F2N6O6S. The number of nitrogens with zero attached hydrogens (tertiary/aromatic N) is 5. The molecule has 3 aromatic carbocycles. The van der Waals surface area contributed by atoms with Crippen molar-refractivity contribution in [3.63, 3.8) is 0 Å². The second-order valence-corrected chi connectivity index (χ2v) is 12.0. The van der Waals surface area contributed by atoms with Gasteiger partial charge in [-0.2, -0.15) is 9.65 Å². The van der Waals surface area contributed by atoms with Gasteiger partial charge >= 0.3 is 5.97 Å². The van der Waals surface area contributed by atoms with Crippen LogP contribution in [0.25, 0.3) is 0 Å². The number of aromatic amines is 1. The fraction of sp³-hybridized carbons (Fsp3) is 0.167. The van der Waals surface area contributed by atoms with Crippen LogP contribution in [0, 0.1) is 23.0 Å². The van der Waals surface area contributed by atoms with Crippen LogP contribution < -0.4 is 19.8 Å². The Kier molecular flexibility index (Phi) is 10.6. The number of carbonyl (C=O) groups is 1. The fourth-order valence-electron chi connectivity index (χ4n) is 4.91. The van der Waals surface area contributed by atoms with Gasteiger partial charge < -0.3 is 23.9 Å². The van der Waals surface area contributed by atoms with E-state index < -0.39 is 41.0 Å². The normalized spacial score (nSPS) is 13.8. The number of H-pyrrole nitrogens is 1. The fourth-order valence-corrected chi connectivity index (χ4v) is 5.71. The summed E-state index contributed by atoms with van der Waals surface area (Å²) in [5, 5.41) is 9.66. The summed E-state index contributed by atoms with van der Waals surface area (Å²) in [6.07, 6.45) is 3.03. The van der Waals surface area contributed by atoms with E-state index in [-0.39, 0.29) is 46.7 Å². The molecule has 0 aliphatic carbocycles. The first-order chi connectivity index (χ1) is 24.7. The molecule has 1 aliphatic rings. The minimum absolute atomic E-state index is 0.0140. The molecule has 0 saturated heterocycles. The maximum Gasteiger partial charge on any atom is 0.345 e. The maximum atomic E-state index is 16.0. The Bertz CT molecular complexity index is 2210. The van der Waals surface area contributed by atoms with E-state index in [1.54, 1.807) is 25.3 Å². The van der Waals surface area contributed by atoms with Gasteiger partial charge in [-0.05, 0) is 49.9 Å². The van der Waals surface area contributed by atoms with Gasteiger partial charge in [0.05, 0.1) is 24.4 Å². The predicted octanol–water partition coefficient (Wildman–Crippen LogP) is 6.82. The van der Waals surface area contributed by atoms with Crippen LogP contribution in [0.4, 0.5) is 8.78 Å². The van der Waals surface area contributed by atoms with E-state index in [9.17, 15) is 14.9 Å². The molecule has 0 bridgehead atoms. The van der Waals surface area contributed by atoms with Crippen molar-refractivity contribution in [2.45, 2.75) is 29.7 Å². The molecule has 2 aromatic heterocycles. The Morgan fingerprint density at radius 1 is 1.04 bits per heavy atom. The van der Waals surface area contributed by atoms with E-state index in [2.05, 4.69) is 19.9 Å². The van der Waals surface area contributed by atoms with E-state index in [0.29, 0.717) is 17.0 Å². The number of esters is 1. The van der Waals surface area contributed by atoms with Gasteiger partial charge in [0, 0.05) is 35.5 Å². The third-order valence-electron chi connectivity index (χ3n) is 7.41. The number of hydrogen-bond acceptors (Lipinski definition) is 12. The number of pyridine rings is 1. The number of benzene rings is 3. The number of carbonyl (C=O) groups excluding carboxylic acids is 1. The summed E-state index contributed by atoms with van der Waals surface area (Å²) < 4.78 is 53.7. The third kappa shape index (κ3) is 8.04. The highest BCUT2D eigenvalue weighted by atomic mass is 32.2. The number of aliphatic imine (C=N–C) groups is 1. The lowest BCUT2D eigenvalue weighted by Gasteiger charge is -2.22. The summed E-state index contributed by atoms with van der Waals surface area (Å²) in [5.74, 6) is -4.24. The van der Waals surface area contributed by atoms with Crippen molar-refractivity contribution in [3.05, 3.63) is 123 Å². The number of halogens is 2. The van der Waals surface area contributed by atoms with Crippen molar-refractivity contribution in [1.82, 2.24) is 19.9 Å². The minimum atomic E-state index is -1.23. The number of aromatic nitrogens is 3. The van der Waals surface area contributed by atoms with Crippen molar-refractivity contribution in [1.29, 1.82) is 5.26 Å². The first-order valence-electron chi connectivity index (χ1n) is 15.4. The van der Waals surface area contributed by atoms with Crippen molar-refractivity contribution < 1.29 is 32.5 Å². The summed E-state index contributed by atoms with van der Waals surface area (Å²) in [6.45, 7) is 2.41. The number of rotatable bonds is 12. The van der Waals surface area contributed by atoms with E-state index in [0.717, 1.165) is 29.7 Å². The Morgan fingerprint density at radius 2 is 1.84 bits per heavy atom. The molecule has 6 rings (SSSR count). The van der Waals surface area contributed by atoms with Gasteiger partial charge in [0.25, 0.3) is 11.4 Å². The molecule has 0 spiro atoms. The molecule has 3 heterocycles. The lowest BCUT2D eigenvalue weighted by Crippen LogP contribution is -2.21. The summed E-state index contributed by atoms with van der Waals surface area (Å²) in [4.78, 5) is 42.0. The standard InChI is InChI=1S/C36H28F2N6O6S/c1-3-47-35(46)25-18-42-36(43-33(25)45)51-23-10-12-27(24(16-23)32-40-13-14-44(32)2)49-31-26(37)19-41-34(30(31)38)50-29-15-22(17-39)9-11-28(29)48-20-21-7-5-4-6-8-21/h4-13,15-16,18-19,32H,3,14,20H2,1-2H3,(H,42,43,45). The molecular weight excluding hydrogens is 682 g/mol. The number of ether oxygens (including phenoxy) is 4. The van der Waals surface area contributed by atoms with Crippen LogP contribution in [-0.4, -0.2) is 52.2 Å². The molecule has 1 aliphatic heterocycles. The van der Waals surface area contributed by atoms with Crippen molar-refractivity contribution >= 4 is 23.9 Å². The molecule has 0 fully saturated rings. The monoisotopic (exact) mass is 710 g/mol. The first kappa shape index (κ1) is 34.7. The van der Waals surface area contributed by atoms with Crippen LogP contribution in [-0.2, 0) is 11.3 Å². The SMILES string of the molecule is CCOC(=O)c1cnc(Sc2ccc(Oc3c(F)cnc(Oc4cc(C#N)ccc4OCc4ccccc4)c3F)c(C3N=CCN3C)c2)[nH]c1=O. The zero-order valence-electron chi connectivity index (χ0n) is 27.1. The van der Waals surface area contributed by atoms with Crippen LogP contribution in [0.2, 0.25) is 0 Å². The second-order valence-electron chi connectivity index (χ2n) is 10.9. The smallest absolute Gasteiger partial charge is 0.345 e. The summed E-state index contributed by atoms with van der Waals surface area (Å²) in [6, 6.07) is 20.5. The van der Waals surface area contributed by atoms with Crippen LogP contribution >= 0.6 is 11.8 Å². The molecule has 0 amide bonds. The molecule has 51 heavy (non-hydrogen) atoms. The van der Waals surface area contributed by atoms with Gasteiger partial charge in [-0.1, -0.05) is 42.1 Å². The van der Waals surface area contributed by atoms with Gasteiger partial charge in [0.1, 0.15) is 24.1 Å². The Labute approximate surface area is 294 Å². The van der Waals surface area contributed by atoms with Crippen LogP contribution in [0.5, 0.6) is 28.9 Å². The molecule has 5 aromatic rings. The van der Waals surface area contributed by atoms with Crippen molar-refractivity contribution in [2.75, 3.05) is 20.2 Å². The van der Waals surface area contributed by atoms with Gasteiger partial charge in [-0.15, -0.1) is 0 Å². The van der Waals surface area contributed by atoms with Crippen LogP contribution in [0.3, 0.4) is 0 Å². The third-order valence-corrected chi connectivity index (χ3v) is 8.30. The number of nitrogens with one attached hydrogen (secondary N) is 1. The Morgan fingerprint density at radius 3 is 2.57 bits per heavy atom. The summed E-state index contributed by atoms with van der Waals surface area (Å²) in [7, 11) is 1.82. The molecule has 1 N–H and O–H groups in total. The Hall–Kier alpha value is -6.11. The van der Waals surface area contributed by atoms with E-state index >= 15 is 8.78 Å². The van der Waals surface area contributed by atoms with Gasteiger partial charge in [-0.3, -0.25) is 14.7 Å². The second kappa shape index (κ2) is 15.6. The first-order valence-corrected chi connectivity index (χ1v) is 16.3. The zero-order chi connectivity index (χ0) is 35.9. The quantitative estimate of drug-likeness (QED) is 0.107. The molecule has 0 radical (unpaired) electrons. The number of hydrogen-bond donors (Lipinski definition) is 1. The lowest BCUT2D eigenvalue weighted by molar-refractivity contribution is 0.0523. The largest absolute Gasteiger partial charge is 0.485 e. The van der Waals surface area contributed by atoms with Gasteiger partial charge in [0.2, 0.25) is 11.6 Å². The summed E-state index contributed by atoms with van der Waals surface area (Å²) >= 11 is 1.08. The molecule has 1 unspecified atom stereocenters. The van der Waals surface area contributed by atoms with E-state index in [1.807, 2.05) is 48.3 Å². The van der Waals surface area contributed by atoms with Crippen LogP contribution in [0.15, 0.2) is 99.0 Å². The Balaban J connectivity index is 1.29. The highest BCUT2D eigenvalue weighted by Gasteiger charge is 2.27. The topological polar surface area (TPSA) is 152 Å². The lowest BCUT2D eigenvalue weighted by atomic mass is 10.1. The number of nitriles is 1. The molecule has 258 valence electrons.